The zero-order valence-corrected chi connectivity index (χ0v) is 10.2. The Bertz CT molecular complexity index is 439. The smallest absolute Gasteiger partial charge is 0.231 e. The van der Waals surface area contributed by atoms with Gasteiger partial charge in [0.25, 0.3) is 0 Å². The van der Waals surface area contributed by atoms with Crippen molar-refractivity contribution in [1.29, 1.82) is 0 Å². The molecule has 0 amide bonds. The van der Waals surface area contributed by atoms with E-state index in [2.05, 4.69) is 6.58 Å². The Morgan fingerprint density at radius 2 is 2.22 bits per heavy atom. The van der Waals surface area contributed by atoms with Crippen molar-refractivity contribution in [3.63, 3.8) is 0 Å². The molecule has 0 N–H and O–H groups in total. The van der Waals surface area contributed by atoms with E-state index in [0.29, 0.717) is 23.7 Å². The lowest BCUT2D eigenvalue weighted by molar-refractivity contribution is 0.0756. The van der Waals surface area contributed by atoms with Crippen molar-refractivity contribution in [2.24, 2.45) is 0 Å². The topological polar surface area (TPSA) is 44.8 Å². The minimum absolute atomic E-state index is 0.0492. The van der Waals surface area contributed by atoms with E-state index in [9.17, 15) is 4.79 Å². The van der Waals surface area contributed by atoms with Crippen LogP contribution < -0.4 is 9.47 Å². The third-order valence-electron chi connectivity index (χ3n) is 2.62. The van der Waals surface area contributed by atoms with Crippen molar-refractivity contribution < 1.29 is 19.0 Å². The van der Waals surface area contributed by atoms with Crippen molar-refractivity contribution in [1.82, 2.24) is 0 Å². The van der Waals surface area contributed by atoms with E-state index in [4.69, 9.17) is 14.2 Å². The molecule has 18 heavy (non-hydrogen) atoms. The molecule has 0 radical (unpaired) electrons. The van der Waals surface area contributed by atoms with E-state index in [0.717, 1.165) is 12.8 Å². The highest BCUT2D eigenvalue weighted by Gasteiger charge is 2.16. The van der Waals surface area contributed by atoms with Gasteiger partial charge in [-0.15, -0.1) is 6.58 Å². The molecule has 1 aliphatic rings. The van der Waals surface area contributed by atoms with Crippen LogP contribution in [0, 0.1) is 0 Å². The lowest BCUT2D eigenvalue weighted by Gasteiger charge is -2.04. The van der Waals surface area contributed by atoms with Crippen molar-refractivity contribution in [3.8, 4) is 11.5 Å². The van der Waals surface area contributed by atoms with Crippen LogP contribution in [0.5, 0.6) is 11.5 Å². The summed E-state index contributed by atoms with van der Waals surface area (Å²) in [6.45, 7) is 4.51. The Morgan fingerprint density at radius 3 is 3.06 bits per heavy atom. The number of rotatable bonds is 7. The van der Waals surface area contributed by atoms with Gasteiger partial charge in [0.1, 0.15) is 6.61 Å². The highest BCUT2D eigenvalue weighted by atomic mass is 16.7. The van der Waals surface area contributed by atoms with Gasteiger partial charge < -0.3 is 14.2 Å². The average Bonchev–Trinajstić information content (AvgIpc) is 2.85. The zero-order valence-electron chi connectivity index (χ0n) is 10.2. The SMILES string of the molecule is C=CCCCOCC(=O)c1ccc2c(c1)OCO2. The molecule has 1 heterocycles. The largest absolute Gasteiger partial charge is 0.454 e. The number of ketones is 1. The predicted octanol–water partition coefficient (Wildman–Crippen LogP) is 2.58. The number of allylic oxidation sites excluding steroid dienone is 1. The highest BCUT2D eigenvalue weighted by Crippen LogP contribution is 2.32. The number of ether oxygens (including phenoxy) is 3. The van der Waals surface area contributed by atoms with Gasteiger partial charge in [-0.05, 0) is 31.0 Å². The molecule has 0 saturated heterocycles. The number of hydrogen-bond donors (Lipinski definition) is 0. The standard InChI is InChI=1S/C14H16O4/c1-2-3-4-7-16-9-12(15)11-5-6-13-14(8-11)18-10-17-13/h2,5-6,8H,1,3-4,7,9-10H2. The van der Waals surface area contributed by atoms with Crippen molar-refractivity contribution in [3.05, 3.63) is 36.4 Å². The molecule has 0 bridgehead atoms. The molecule has 4 heteroatoms. The van der Waals surface area contributed by atoms with Crippen LogP contribution in [0.2, 0.25) is 0 Å². The fraction of sp³-hybridized carbons (Fsp3) is 0.357. The number of fused-ring (bicyclic) bond motifs is 1. The van der Waals surface area contributed by atoms with Crippen LogP contribution in [0.1, 0.15) is 23.2 Å². The van der Waals surface area contributed by atoms with Gasteiger partial charge in [-0.3, -0.25) is 4.79 Å². The lowest BCUT2D eigenvalue weighted by Crippen LogP contribution is -2.09. The Kier molecular flexibility index (Phi) is 4.36. The first-order chi connectivity index (χ1) is 8.81. The second kappa shape index (κ2) is 6.21. The molecule has 0 aliphatic carbocycles. The maximum absolute atomic E-state index is 11.8. The van der Waals surface area contributed by atoms with E-state index in [-0.39, 0.29) is 19.2 Å². The molecule has 2 rings (SSSR count). The maximum Gasteiger partial charge on any atom is 0.231 e. The first kappa shape index (κ1) is 12.6. The molecular weight excluding hydrogens is 232 g/mol. The van der Waals surface area contributed by atoms with Crippen molar-refractivity contribution in [2.45, 2.75) is 12.8 Å². The molecule has 0 fully saturated rings. The molecule has 1 aromatic rings. The molecule has 0 aromatic heterocycles. The Balaban J connectivity index is 1.83. The van der Waals surface area contributed by atoms with Crippen LogP contribution in [0.25, 0.3) is 0 Å². The summed E-state index contributed by atoms with van der Waals surface area (Å²) < 4.78 is 15.7. The molecular formula is C14H16O4. The van der Waals surface area contributed by atoms with Crippen LogP contribution in [0.3, 0.4) is 0 Å². The van der Waals surface area contributed by atoms with Gasteiger partial charge in [0, 0.05) is 12.2 Å². The van der Waals surface area contributed by atoms with Gasteiger partial charge in [-0.1, -0.05) is 6.08 Å². The fourth-order valence-electron chi connectivity index (χ4n) is 1.65. The quantitative estimate of drug-likeness (QED) is 0.422. The molecule has 0 unspecified atom stereocenters. The number of hydrogen-bond acceptors (Lipinski definition) is 4. The summed E-state index contributed by atoms with van der Waals surface area (Å²) in [4.78, 5) is 11.8. The van der Waals surface area contributed by atoms with Gasteiger partial charge in [0.2, 0.25) is 6.79 Å². The normalized spacial score (nSPS) is 12.4. The summed E-state index contributed by atoms with van der Waals surface area (Å²) in [6.07, 6.45) is 3.62. The van der Waals surface area contributed by atoms with Crippen LogP contribution in [0.4, 0.5) is 0 Å². The Hall–Kier alpha value is -1.81. The van der Waals surface area contributed by atoms with E-state index < -0.39 is 0 Å². The summed E-state index contributed by atoms with van der Waals surface area (Å²) in [5.41, 5.74) is 0.586. The second-order valence-electron chi connectivity index (χ2n) is 3.97. The van der Waals surface area contributed by atoms with Gasteiger partial charge >= 0.3 is 0 Å². The molecule has 0 spiro atoms. The molecule has 1 aliphatic heterocycles. The number of unbranched alkanes of at least 4 members (excludes halogenated alkanes) is 1. The zero-order chi connectivity index (χ0) is 12.8. The summed E-state index contributed by atoms with van der Waals surface area (Å²) in [6, 6.07) is 5.16. The summed E-state index contributed by atoms with van der Waals surface area (Å²) in [5, 5.41) is 0. The minimum atomic E-state index is -0.0492. The minimum Gasteiger partial charge on any atom is -0.454 e. The number of Topliss-reactive ketones (excluding diaryl/α,β-unsaturated/α-hetero) is 1. The third-order valence-corrected chi connectivity index (χ3v) is 2.62. The van der Waals surface area contributed by atoms with Crippen LogP contribution >= 0.6 is 0 Å². The summed E-state index contributed by atoms with van der Waals surface area (Å²) >= 11 is 0. The number of carbonyl (C=O) groups is 1. The van der Waals surface area contributed by atoms with E-state index in [1.54, 1.807) is 18.2 Å². The molecule has 0 atom stereocenters. The molecule has 1 aromatic carbocycles. The van der Waals surface area contributed by atoms with Gasteiger partial charge in [-0.2, -0.15) is 0 Å². The van der Waals surface area contributed by atoms with E-state index in [1.165, 1.54) is 0 Å². The van der Waals surface area contributed by atoms with Crippen molar-refractivity contribution >= 4 is 5.78 Å². The lowest BCUT2D eigenvalue weighted by atomic mass is 10.1. The van der Waals surface area contributed by atoms with E-state index in [1.807, 2.05) is 6.08 Å². The fourth-order valence-corrected chi connectivity index (χ4v) is 1.65. The molecule has 4 nitrogen and oxygen atoms in total. The van der Waals surface area contributed by atoms with Gasteiger partial charge in [-0.25, -0.2) is 0 Å². The Labute approximate surface area is 106 Å². The molecule has 96 valence electrons. The molecule has 0 saturated carbocycles. The number of benzene rings is 1. The first-order valence-corrected chi connectivity index (χ1v) is 5.93. The number of carbonyl (C=O) groups excluding carboxylic acids is 1. The summed E-state index contributed by atoms with van der Waals surface area (Å²) in [7, 11) is 0. The predicted molar refractivity (Wildman–Crippen MR) is 67.1 cm³/mol. The Morgan fingerprint density at radius 1 is 1.39 bits per heavy atom. The van der Waals surface area contributed by atoms with E-state index >= 15 is 0 Å². The third kappa shape index (κ3) is 3.11. The van der Waals surface area contributed by atoms with Gasteiger partial charge in [0.05, 0.1) is 0 Å². The van der Waals surface area contributed by atoms with Gasteiger partial charge in [0.15, 0.2) is 17.3 Å². The van der Waals surface area contributed by atoms with Crippen LogP contribution in [0.15, 0.2) is 30.9 Å². The maximum atomic E-state index is 11.8. The van der Waals surface area contributed by atoms with Crippen LogP contribution in [-0.4, -0.2) is 25.8 Å². The first-order valence-electron chi connectivity index (χ1n) is 5.93. The second-order valence-corrected chi connectivity index (χ2v) is 3.97. The van der Waals surface area contributed by atoms with Crippen LogP contribution in [-0.2, 0) is 4.74 Å². The highest BCUT2D eigenvalue weighted by molar-refractivity contribution is 5.97. The average molecular weight is 248 g/mol. The summed E-state index contributed by atoms with van der Waals surface area (Å²) in [5.74, 6) is 1.25. The van der Waals surface area contributed by atoms with Crippen molar-refractivity contribution in [2.75, 3.05) is 20.0 Å². The monoisotopic (exact) mass is 248 g/mol.